The van der Waals surface area contributed by atoms with Crippen LogP contribution in [0.2, 0.25) is 5.15 Å². The lowest BCUT2D eigenvalue weighted by Gasteiger charge is -2.10. The van der Waals surface area contributed by atoms with E-state index in [0.717, 1.165) is 47.2 Å². The van der Waals surface area contributed by atoms with Crippen LogP contribution in [0.1, 0.15) is 44.9 Å². The molecule has 4 aromatic rings. The molecule has 2 aromatic carbocycles. The summed E-state index contributed by atoms with van der Waals surface area (Å²) in [5.41, 5.74) is 4.97. The van der Waals surface area contributed by atoms with Gasteiger partial charge in [0.1, 0.15) is 5.15 Å². The first-order chi connectivity index (χ1) is 16.0. The Balaban J connectivity index is 1.65. The minimum absolute atomic E-state index is 0.0351. The van der Waals surface area contributed by atoms with Gasteiger partial charge in [0.2, 0.25) is 0 Å². The number of hydrogen-bond acceptors (Lipinski definition) is 4. The van der Waals surface area contributed by atoms with E-state index in [2.05, 4.69) is 65.7 Å². The van der Waals surface area contributed by atoms with Gasteiger partial charge in [-0.1, -0.05) is 87.3 Å². The van der Waals surface area contributed by atoms with Crippen LogP contribution in [-0.4, -0.2) is 29.8 Å². The van der Waals surface area contributed by atoms with E-state index in [4.69, 9.17) is 11.6 Å². The Kier molecular flexibility index (Phi) is 7.08. The molecular formula is C25H29ClN6O. The Morgan fingerprint density at radius 1 is 1.03 bits per heavy atom. The summed E-state index contributed by atoms with van der Waals surface area (Å²) < 4.78 is 3.55. The van der Waals surface area contributed by atoms with Gasteiger partial charge in [-0.25, -0.2) is 9.89 Å². The molecule has 0 amide bonds. The lowest BCUT2D eigenvalue weighted by molar-refractivity contribution is 0.504. The monoisotopic (exact) mass is 464 g/mol. The molecule has 0 saturated carbocycles. The molecule has 0 atom stereocenters. The normalized spacial score (nSPS) is 11.4. The van der Waals surface area contributed by atoms with Gasteiger partial charge < -0.3 is 0 Å². The van der Waals surface area contributed by atoms with E-state index in [9.17, 15) is 4.79 Å². The van der Waals surface area contributed by atoms with E-state index in [1.807, 2.05) is 28.8 Å². The molecule has 0 aliphatic heterocycles. The molecule has 8 heteroatoms. The SMILES string of the molecule is CCCCc1c(Cl)n(CC(C)C)c(=O)n1Cc1ccc(-c2ccccc2-c2nnn[nH]2)cc1. The Labute approximate surface area is 198 Å². The number of aromatic amines is 1. The maximum atomic E-state index is 13.2. The minimum atomic E-state index is -0.0351. The third-order valence-corrected chi connectivity index (χ3v) is 6.13. The van der Waals surface area contributed by atoms with E-state index in [0.29, 0.717) is 30.0 Å². The Bertz CT molecular complexity index is 1260. The first kappa shape index (κ1) is 23.0. The number of benzene rings is 2. The summed E-state index contributed by atoms with van der Waals surface area (Å²) in [5.74, 6) is 0.969. The number of halogens is 1. The molecule has 172 valence electrons. The molecule has 0 fully saturated rings. The van der Waals surface area contributed by atoms with Crippen molar-refractivity contribution in [1.82, 2.24) is 29.8 Å². The number of H-pyrrole nitrogens is 1. The fourth-order valence-electron chi connectivity index (χ4n) is 4.07. The highest BCUT2D eigenvalue weighted by Gasteiger charge is 2.19. The number of aromatic nitrogens is 6. The minimum Gasteiger partial charge on any atom is -0.290 e. The van der Waals surface area contributed by atoms with Crippen LogP contribution >= 0.6 is 11.6 Å². The van der Waals surface area contributed by atoms with Crippen molar-refractivity contribution in [2.45, 2.75) is 53.1 Å². The highest BCUT2D eigenvalue weighted by atomic mass is 35.5. The van der Waals surface area contributed by atoms with Crippen molar-refractivity contribution in [1.29, 1.82) is 0 Å². The molecule has 2 aromatic heterocycles. The van der Waals surface area contributed by atoms with Crippen molar-refractivity contribution in [2.24, 2.45) is 5.92 Å². The van der Waals surface area contributed by atoms with Crippen LogP contribution in [0.3, 0.4) is 0 Å². The summed E-state index contributed by atoms with van der Waals surface area (Å²) in [6, 6.07) is 16.3. The summed E-state index contributed by atoms with van der Waals surface area (Å²) in [6.45, 7) is 7.45. The molecule has 4 rings (SSSR count). The van der Waals surface area contributed by atoms with Crippen LogP contribution in [0.4, 0.5) is 0 Å². The number of imidazole rings is 1. The number of unbranched alkanes of at least 4 members (excludes halogenated alkanes) is 1. The Hall–Kier alpha value is -3.19. The van der Waals surface area contributed by atoms with E-state index in [1.54, 1.807) is 4.57 Å². The van der Waals surface area contributed by atoms with E-state index in [1.165, 1.54) is 0 Å². The van der Waals surface area contributed by atoms with Crippen molar-refractivity contribution in [3.05, 3.63) is 75.4 Å². The smallest absolute Gasteiger partial charge is 0.290 e. The van der Waals surface area contributed by atoms with Crippen LogP contribution < -0.4 is 5.69 Å². The van der Waals surface area contributed by atoms with E-state index in [-0.39, 0.29) is 5.69 Å². The van der Waals surface area contributed by atoms with Crippen molar-refractivity contribution >= 4 is 11.6 Å². The molecule has 2 heterocycles. The molecule has 1 N–H and O–H groups in total. The summed E-state index contributed by atoms with van der Waals surface area (Å²) in [6.07, 6.45) is 2.85. The Morgan fingerprint density at radius 3 is 2.39 bits per heavy atom. The summed E-state index contributed by atoms with van der Waals surface area (Å²) in [5, 5.41) is 14.8. The fraction of sp³-hybridized carbons (Fsp3) is 0.360. The number of nitrogens with one attached hydrogen (secondary N) is 1. The molecule has 0 spiro atoms. The number of rotatable bonds is 9. The Morgan fingerprint density at radius 2 is 1.76 bits per heavy atom. The quantitative estimate of drug-likeness (QED) is 0.369. The largest absolute Gasteiger partial charge is 0.329 e. The van der Waals surface area contributed by atoms with Crippen LogP contribution in [0.15, 0.2) is 53.3 Å². The van der Waals surface area contributed by atoms with Gasteiger partial charge >= 0.3 is 5.69 Å². The second-order valence-electron chi connectivity index (χ2n) is 8.71. The van der Waals surface area contributed by atoms with Crippen LogP contribution in [0.25, 0.3) is 22.5 Å². The second-order valence-corrected chi connectivity index (χ2v) is 9.06. The van der Waals surface area contributed by atoms with Gasteiger partial charge in [0.05, 0.1) is 12.2 Å². The van der Waals surface area contributed by atoms with Crippen molar-refractivity contribution in [3.8, 4) is 22.5 Å². The first-order valence-corrected chi connectivity index (χ1v) is 11.8. The number of tetrazole rings is 1. The second kappa shape index (κ2) is 10.2. The maximum absolute atomic E-state index is 13.2. The van der Waals surface area contributed by atoms with Crippen molar-refractivity contribution in [2.75, 3.05) is 0 Å². The van der Waals surface area contributed by atoms with Crippen LogP contribution in [0, 0.1) is 5.92 Å². The molecule has 0 saturated heterocycles. The lowest BCUT2D eigenvalue weighted by Crippen LogP contribution is -2.27. The molecule has 0 aliphatic carbocycles. The third-order valence-electron chi connectivity index (χ3n) is 5.71. The molecule has 7 nitrogen and oxygen atoms in total. The number of hydrogen-bond donors (Lipinski definition) is 1. The zero-order valence-electron chi connectivity index (χ0n) is 19.3. The van der Waals surface area contributed by atoms with E-state index >= 15 is 0 Å². The fourth-order valence-corrected chi connectivity index (χ4v) is 4.41. The predicted octanol–water partition coefficient (Wildman–Crippen LogP) is 5.20. The van der Waals surface area contributed by atoms with Gasteiger partial charge in [0, 0.05) is 12.1 Å². The lowest BCUT2D eigenvalue weighted by atomic mass is 9.98. The average molecular weight is 465 g/mol. The maximum Gasteiger partial charge on any atom is 0.329 e. The third kappa shape index (κ3) is 4.93. The molecule has 33 heavy (non-hydrogen) atoms. The summed E-state index contributed by atoms with van der Waals surface area (Å²) in [4.78, 5) is 13.2. The standard InChI is InChI=1S/C25H29ClN6O/c1-4-5-10-22-23(26)32(15-17(2)3)25(33)31(22)16-18-11-13-19(14-12-18)20-8-6-7-9-21(20)24-27-29-30-28-24/h6-9,11-14,17H,4-5,10,15-16H2,1-3H3,(H,27,28,29,30). The average Bonchev–Trinajstić information content (AvgIpc) is 3.42. The van der Waals surface area contributed by atoms with Gasteiger partial charge in [-0.2, -0.15) is 0 Å². The van der Waals surface area contributed by atoms with Crippen molar-refractivity contribution in [3.63, 3.8) is 0 Å². The summed E-state index contributed by atoms with van der Waals surface area (Å²) >= 11 is 6.68. The van der Waals surface area contributed by atoms with E-state index < -0.39 is 0 Å². The molecular weight excluding hydrogens is 436 g/mol. The van der Waals surface area contributed by atoms with Gasteiger partial charge in [0.25, 0.3) is 0 Å². The predicted molar refractivity (Wildman–Crippen MR) is 131 cm³/mol. The van der Waals surface area contributed by atoms with Crippen LogP contribution in [0.5, 0.6) is 0 Å². The zero-order valence-corrected chi connectivity index (χ0v) is 20.0. The van der Waals surface area contributed by atoms with Crippen LogP contribution in [-0.2, 0) is 19.5 Å². The molecule has 0 unspecified atom stereocenters. The highest BCUT2D eigenvalue weighted by molar-refractivity contribution is 6.30. The first-order valence-electron chi connectivity index (χ1n) is 11.4. The zero-order chi connectivity index (χ0) is 23.4. The summed E-state index contributed by atoms with van der Waals surface area (Å²) in [7, 11) is 0. The number of nitrogens with zero attached hydrogens (tertiary/aromatic N) is 5. The van der Waals surface area contributed by atoms with Gasteiger partial charge in [-0.3, -0.25) is 9.13 Å². The highest BCUT2D eigenvalue weighted by Crippen LogP contribution is 2.30. The van der Waals surface area contributed by atoms with Gasteiger partial charge in [-0.05, 0) is 45.9 Å². The van der Waals surface area contributed by atoms with Crippen molar-refractivity contribution < 1.29 is 0 Å². The van der Waals surface area contributed by atoms with Gasteiger partial charge in [-0.15, -0.1) is 5.10 Å². The molecule has 0 radical (unpaired) electrons. The molecule has 0 bridgehead atoms. The van der Waals surface area contributed by atoms with Gasteiger partial charge in [0.15, 0.2) is 5.82 Å². The molecule has 0 aliphatic rings. The topological polar surface area (TPSA) is 81.4 Å².